The van der Waals surface area contributed by atoms with Crippen LogP contribution in [0.2, 0.25) is 0 Å². The van der Waals surface area contributed by atoms with Gasteiger partial charge in [-0.15, -0.1) is 0 Å². The van der Waals surface area contributed by atoms with E-state index in [1.165, 1.54) is 55.6 Å². The SMILES string of the molecule is OC1c2ccccc2Cc2ccccc2Cc2ccccc2Cc2ccccc2Cc2ccccc2Cc2ccccc2Cc2ccccc2C(O)c2ccccc2Cc2ccccc21. The van der Waals surface area contributed by atoms with Crippen LogP contribution in [0.15, 0.2) is 218 Å². The lowest BCUT2D eigenvalue weighted by molar-refractivity contribution is 0.217. The molecule has 0 aromatic heterocycles. The Labute approximate surface area is 384 Å². The highest BCUT2D eigenvalue weighted by molar-refractivity contribution is 5.50. The van der Waals surface area contributed by atoms with Crippen molar-refractivity contribution in [1.82, 2.24) is 0 Å². The third kappa shape index (κ3) is 9.29. The van der Waals surface area contributed by atoms with Gasteiger partial charge in [0.05, 0.1) is 0 Å². The van der Waals surface area contributed by atoms with Crippen LogP contribution in [0.5, 0.6) is 0 Å². The van der Waals surface area contributed by atoms with Gasteiger partial charge in [0, 0.05) is 0 Å². The molecule has 10 rings (SSSR count). The third-order valence-corrected chi connectivity index (χ3v) is 13.7. The molecule has 2 heteroatoms. The smallest absolute Gasteiger partial charge is 0.105 e. The highest BCUT2D eigenvalue weighted by Gasteiger charge is 2.23. The van der Waals surface area contributed by atoms with Gasteiger partial charge in [-0.05, 0) is 145 Å². The van der Waals surface area contributed by atoms with Crippen LogP contribution in [0.1, 0.15) is 112 Å². The van der Waals surface area contributed by atoms with E-state index in [0.717, 1.165) is 70.2 Å². The molecule has 2 nitrogen and oxygen atoms in total. The molecule has 0 fully saturated rings. The Balaban J connectivity index is 1.10. The molecule has 0 saturated heterocycles. The zero-order valence-corrected chi connectivity index (χ0v) is 36.8. The van der Waals surface area contributed by atoms with Gasteiger partial charge in [-0.3, -0.25) is 0 Å². The highest BCUT2D eigenvalue weighted by Crippen LogP contribution is 2.35. The molecule has 65 heavy (non-hydrogen) atoms. The fraction of sp³-hybridized carbons (Fsp3) is 0.143. The van der Waals surface area contributed by atoms with E-state index in [2.05, 4.69) is 194 Å². The van der Waals surface area contributed by atoms with Gasteiger partial charge in [0.15, 0.2) is 0 Å². The van der Waals surface area contributed by atoms with Crippen LogP contribution < -0.4 is 0 Å². The van der Waals surface area contributed by atoms with Crippen LogP contribution in [0.25, 0.3) is 0 Å². The van der Waals surface area contributed by atoms with Gasteiger partial charge in [0.2, 0.25) is 0 Å². The zero-order chi connectivity index (χ0) is 44.0. The fourth-order valence-electron chi connectivity index (χ4n) is 10.1. The first-order chi connectivity index (χ1) is 32.1. The van der Waals surface area contributed by atoms with Crippen molar-refractivity contribution < 1.29 is 10.2 Å². The molecule has 2 N–H and O–H groups in total. The summed E-state index contributed by atoms with van der Waals surface area (Å²) in [5, 5.41) is 24.8. The maximum atomic E-state index is 12.4. The minimum atomic E-state index is -0.831. The second-order valence-electron chi connectivity index (χ2n) is 17.7. The predicted molar refractivity (Wildman–Crippen MR) is 266 cm³/mol. The van der Waals surface area contributed by atoms with E-state index in [1.807, 2.05) is 24.3 Å². The molecule has 0 amide bonds. The quantitative estimate of drug-likeness (QED) is 0.160. The number of benzene rings is 9. The van der Waals surface area contributed by atoms with Crippen molar-refractivity contribution in [3.8, 4) is 0 Å². The standard InChI is InChI=1S/C63H54O2/c64-62-58-33-15-11-29-54(58)41-52-27-9-7-25-50(52)39-48-23-5-3-21-46(48)37-44-19-1-2-20-45(44)38-47-22-4-6-24-49(47)40-51-26-8-10-28-53(51)42-55-30-12-16-34-59(55)63(65)61-36-18-14-32-57(61)43-56-31-13-17-35-60(56)62/h1-36,62-65H,37-43H2. The average Bonchev–Trinajstić information content (AvgIpc) is 3.34. The van der Waals surface area contributed by atoms with Gasteiger partial charge in [-0.25, -0.2) is 0 Å². The summed E-state index contributed by atoms with van der Waals surface area (Å²) in [5.74, 6) is 0. The van der Waals surface area contributed by atoms with Crippen LogP contribution in [-0.2, 0) is 44.9 Å². The number of fused-ring (bicyclic) bond motifs is 9. The lowest BCUT2D eigenvalue weighted by Crippen LogP contribution is -2.11. The van der Waals surface area contributed by atoms with Crippen molar-refractivity contribution in [2.75, 3.05) is 0 Å². The Morgan fingerprint density at radius 2 is 0.308 bits per heavy atom. The van der Waals surface area contributed by atoms with Crippen molar-refractivity contribution in [2.45, 2.75) is 57.2 Å². The fourth-order valence-corrected chi connectivity index (χ4v) is 10.1. The average molecular weight is 843 g/mol. The summed E-state index contributed by atoms with van der Waals surface area (Å²) in [6.07, 6.45) is 3.65. The first-order valence-corrected chi connectivity index (χ1v) is 23.1. The number of hydrogen-bond donors (Lipinski definition) is 2. The maximum absolute atomic E-state index is 12.4. The van der Waals surface area contributed by atoms with Gasteiger partial charge in [0.25, 0.3) is 0 Å². The molecular formula is C63H54O2. The Morgan fingerprint density at radius 3 is 0.492 bits per heavy atom. The van der Waals surface area contributed by atoms with Crippen LogP contribution in [0.4, 0.5) is 0 Å². The molecule has 0 aliphatic heterocycles. The molecule has 0 radical (unpaired) electrons. The van der Waals surface area contributed by atoms with Crippen LogP contribution in [-0.4, -0.2) is 10.2 Å². The van der Waals surface area contributed by atoms with Crippen molar-refractivity contribution in [3.05, 3.63) is 319 Å². The second-order valence-corrected chi connectivity index (χ2v) is 17.7. The Kier molecular flexibility index (Phi) is 12.5. The van der Waals surface area contributed by atoms with E-state index in [-0.39, 0.29) is 0 Å². The zero-order valence-electron chi connectivity index (χ0n) is 36.8. The van der Waals surface area contributed by atoms with Crippen molar-refractivity contribution in [1.29, 1.82) is 0 Å². The molecule has 1 aliphatic rings. The van der Waals surface area contributed by atoms with Crippen molar-refractivity contribution in [3.63, 3.8) is 0 Å². The van der Waals surface area contributed by atoms with Crippen LogP contribution >= 0.6 is 0 Å². The van der Waals surface area contributed by atoms with Gasteiger partial charge in [-0.2, -0.15) is 0 Å². The molecule has 0 bridgehead atoms. The third-order valence-electron chi connectivity index (χ3n) is 13.7. The Hall–Kier alpha value is -7.10. The topological polar surface area (TPSA) is 40.5 Å². The van der Waals surface area contributed by atoms with E-state index in [4.69, 9.17) is 0 Å². The normalized spacial score (nSPS) is 15.4. The molecule has 1 aliphatic carbocycles. The summed E-state index contributed by atoms with van der Waals surface area (Å²) in [6.45, 7) is 0. The molecule has 0 saturated carbocycles. The summed E-state index contributed by atoms with van der Waals surface area (Å²) >= 11 is 0. The lowest BCUT2D eigenvalue weighted by Gasteiger charge is -2.22. The van der Waals surface area contributed by atoms with Crippen molar-refractivity contribution >= 4 is 0 Å². The van der Waals surface area contributed by atoms with Gasteiger partial charge in [-0.1, -0.05) is 218 Å². The summed E-state index contributed by atoms with van der Waals surface area (Å²) < 4.78 is 0. The first-order valence-electron chi connectivity index (χ1n) is 23.1. The van der Waals surface area contributed by atoms with E-state index >= 15 is 0 Å². The number of hydrogen-bond acceptors (Lipinski definition) is 2. The number of rotatable bonds is 0. The van der Waals surface area contributed by atoms with Crippen LogP contribution in [0, 0.1) is 0 Å². The largest absolute Gasteiger partial charge is 0.384 e. The lowest BCUT2D eigenvalue weighted by atomic mass is 9.85. The summed E-state index contributed by atoms with van der Waals surface area (Å²) in [7, 11) is 0. The van der Waals surface area contributed by atoms with Gasteiger partial charge >= 0.3 is 0 Å². The number of aliphatic hydroxyl groups is 2. The first kappa shape index (κ1) is 41.9. The predicted octanol–water partition coefficient (Wildman–Crippen LogP) is 13.3. The Morgan fingerprint density at radius 1 is 0.185 bits per heavy atom. The number of aliphatic hydroxyl groups excluding tert-OH is 2. The molecule has 2 atom stereocenters. The molecule has 318 valence electrons. The van der Waals surface area contributed by atoms with E-state index in [1.54, 1.807) is 0 Å². The van der Waals surface area contributed by atoms with Crippen LogP contribution in [0.3, 0.4) is 0 Å². The molecule has 2 unspecified atom stereocenters. The highest BCUT2D eigenvalue weighted by atomic mass is 16.3. The molecule has 0 heterocycles. The van der Waals surface area contributed by atoms with Crippen molar-refractivity contribution in [2.24, 2.45) is 0 Å². The molecule has 0 spiro atoms. The summed E-state index contributed by atoms with van der Waals surface area (Å²) in [6, 6.07) is 77.7. The van der Waals surface area contributed by atoms with Gasteiger partial charge < -0.3 is 10.2 Å². The minimum absolute atomic E-state index is 0.569. The van der Waals surface area contributed by atoms with E-state index < -0.39 is 12.2 Å². The molecule has 9 aromatic carbocycles. The molecular weight excluding hydrogens is 789 g/mol. The molecule has 9 aromatic rings. The van der Waals surface area contributed by atoms with E-state index in [0.29, 0.717) is 19.3 Å². The summed E-state index contributed by atoms with van der Waals surface area (Å²) in [4.78, 5) is 0. The van der Waals surface area contributed by atoms with Gasteiger partial charge in [0.1, 0.15) is 12.2 Å². The Bertz CT molecular complexity index is 2880. The van der Waals surface area contributed by atoms with E-state index in [9.17, 15) is 10.2 Å². The minimum Gasteiger partial charge on any atom is -0.384 e. The maximum Gasteiger partial charge on any atom is 0.105 e. The summed E-state index contributed by atoms with van der Waals surface area (Å²) in [5.41, 5.74) is 21.0. The monoisotopic (exact) mass is 842 g/mol. The second kappa shape index (κ2) is 19.3.